The van der Waals surface area contributed by atoms with Gasteiger partial charge in [0, 0.05) is 48.2 Å². The van der Waals surface area contributed by atoms with Crippen LogP contribution < -0.4 is 11.1 Å². The molecule has 1 saturated carbocycles. The summed E-state index contributed by atoms with van der Waals surface area (Å²) in [5.74, 6) is 1.03. The highest BCUT2D eigenvalue weighted by Crippen LogP contribution is 2.36. The summed E-state index contributed by atoms with van der Waals surface area (Å²) < 4.78 is 24.7. The predicted molar refractivity (Wildman–Crippen MR) is 109 cm³/mol. The molecule has 8 nitrogen and oxygen atoms in total. The summed E-state index contributed by atoms with van der Waals surface area (Å²) in [7, 11) is -3.29. The number of aliphatic hydroxyl groups is 1. The van der Waals surface area contributed by atoms with Crippen LogP contribution in [0.5, 0.6) is 0 Å². The molecule has 1 saturated heterocycles. The lowest BCUT2D eigenvalue weighted by atomic mass is 9.98. The van der Waals surface area contributed by atoms with E-state index in [1.165, 1.54) is 10.6 Å². The van der Waals surface area contributed by atoms with Gasteiger partial charge in [-0.25, -0.2) is 13.4 Å². The molecular formula is C19H27N5O3S. The topological polar surface area (TPSA) is 121 Å². The Bertz CT molecular complexity index is 967. The molecule has 1 aliphatic carbocycles. The van der Waals surface area contributed by atoms with Crippen LogP contribution in [0.4, 0.5) is 5.82 Å². The van der Waals surface area contributed by atoms with Gasteiger partial charge in [-0.1, -0.05) is 0 Å². The highest BCUT2D eigenvalue weighted by Gasteiger charge is 2.32. The summed E-state index contributed by atoms with van der Waals surface area (Å²) in [6.07, 6.45) is 7.54. The van der Waals surface area contributed by atoms with Gasteiger partial charge in [-0.3, -0.25) is 4.98 Å². The van der Waals surface area contributed by atoms with E-state index in [9.17, 15) is 13.5 Å². The number of hydrogen-bond donors (Lipinski definition) is 3. The first kappa shape index (κ1) is 19.5. The van der Waals surface area contributed by atoms with Crippen LogP contribution in [0.1, 0.15) is 37.3 Å². The van der Waals surface area contributed by atoms with Crippen LogP contribution in [-0.4, -0.2) is 65.3 Å². The van der Waals surface area contributed by atoms with E-state index in [2.05, 4.69) is 15.3 Å². The van der Waals surface area contributed by atoms with Crippen molar-refractivity contribution >= 4 is 26.6 Å². The monoisotopic (exact) mass is 405 g/mol. The van der Waals surface area contributed by atoms with Gasteiger partial charge in [0.15, 0.2) is 0 Å². The molecule has 2 fully saturated rings. The fraction of sp³-hybridized carbons (Fsp3) is 0.579. The largest absolute Gasteiger partial charge is 0.390 e. The number of aromatic nitrogens is 2. The number of sulfonamides is 1. The van der Waals surface area contributed by atoms with Gasteiger partial charge in [0.25, 0.3) is 0 Å². The van der Waals surface area contributed by atoms with Crippen molar-refractivity contribution in [3.8, 4) is 0 Å². The fourth-order valence-corrected chi connectivity index (χ4v) is 5.18. The molecule has 4 rings (SSSR count). The number of nitrogens with zero attached hydrogens (tertiary/aromatic N) is 3. The van der Waals surface area contributed by atoms with E-state index >= 15 is 0 Å². The van der Waals surface area contributed by atoms with Crippen LogP contribution >= 0.6 is 0 Å². The third kappa shape index (κ3) is 3.98. The Kier molecular flexibility index (Phi) is 5.26. The molecule has 0 aromatic carbocycles. The maximum absolute atomic E-state index is 11.7. The van der Waals surface area contributed by atoms with Gasteiger partial charge in [0.1, 0.15) is 5.82 Å². The van der Waals surface area contributed by atoms with E-state index in [0.29, 0.717) is 24.7 Å². The third-order valence-corrected chi connectivity index (χ3v) is 7.15. The Morgan fingerprint density at radius 1 is 1.29 bits per heavy atom. The summed E-state index contributed by atoms with van der Waals surface area (Å²) >= 11 is 0. The molecular weight excluding hydrogens is 378 g/mol. The van der Waals surface area contributed by atoms with Crippen LogP contribution in [0.15, 0.2) is 24.5 Å². The highest BCUT2D eigenvalue weighted by molar-refractivity contribution is 7.88. The zero-order valence-corrected chi connectivity index (χ0v) is 16.8. The van der Waals surface area contributed by atoms with Crippen molar-refractivity contribution < 1.29 is 13.5 Å². The number of anilines is 1. The van der Waals surface area contributed by atoms with Crippen molar-refractivity contribution in [2.45, 2.75) is 49.8 Å². The average Bonchev–Trinajstić information content (AvgIpc) is 3.08. The summed E-state index contributed by atoms with van der Waals surface area (Å²) in [5, 5.41) is 15.8. The Balaban J connectivity index is 1.55. The van der Waals surface area contributed by atoms with Crippen LogP contribution in [0.2, 0.25) is 0 Å². The van der Waals surface area contributed by atoms with Crippen molar-refractivity contribution in [2.75, 3.05) is 24.7 Å². The minimum absolute atomic E-state index is 0.0941. The van der Waals surface area contributed by atoms with Crippen molar-refractivity contribution in [3.63, 3.8) is 0 Å². The van der Waals surface area contributed by atoms with E-state index in [0.717, 1.165) is 35.7 Å². The van der Waals surface area contributed by atoms with Gasteiger partial charge >= 0.3 is 0 Å². The van der Waals surface area contributed by atoms with Crippen molar-refractivity contribution in [2.24, 2.45) is 5.73 Å². The van der Waals surface area contributed by atoms with Crippen LogP contribution in [0, 0.1) is 0 Å². The highest BCUT2D eigenvalue weighted by atomic mass is 32.2. The average molecular weight is 406 g/mol. The Morgan fingerprint density at radius 3 is 2.79 bits per heavy atom. The molecule has 0 amide bonds. The number of rotatable bonds is 4. The SMILES string of the molecule is CS(=O)(=O)N1CC[C@@H](Nc2cc3c([C@@H]4CC[C@@H](N)C4)nccc3cn2)[C@H](O)C1. The van der Waals surface area contributed by atoms with E-state index in [4.69, 9.17) is 5.73 Å². The first-order valence-electron chi connectivity index (χ1n) is 9.71. The second-order valence-corrected chi connectivity index (χ2v) is 9.97. The van der Waals surface area contributed by atoms with Gasteiger partial charge in [0.05, 0.1) is 24.1 Å². The Morgan fingerprint density at radius 2 is 2.11 bits per heavy atom. The second kappa shape index (κ2) is 7.55. The molecule has 3 heterocycles. The third-order valence-electron chi connectivity index (χ3n) is 5.89. The van der Waals surface area contributed by atoms with E-state index in [1.807, 2.05) is 24.5 Å². The maximum Gasteiger partial charge on any atom is 0.211 e. The van der Waals surface area contributed by atoms with Gasteiger partial charge < -0.3 is 16.2 Å². The molecule has 1 aliphatic heterocycles. The van der Waals surface area contributed by atoms with Crippen LogP contribution in [0.3, 0.4) is 0 Å². The number of hydrogen-bond acceptors (Lipinski definition) is 7. The lowest BCUT2D eigenvalue weighted by molar-refractivity contribution is 0.0952. The second-order valence-electron chi connectivity index (χ2n) is 7.98. The predicted octanol–water partition coefficient (Wildman–Crippen LogP) is 1.03. The minimum Gasteiger partial charge on any atom is -0.390 e. The number of aliphatic hydroxyl groups excluding tert-OH is 1. The van der Waals surface area contributed by atoms with E-state index in [1.54, 1.807) is 0 Å². The van der Waals surface area contributed by atoms with Crippen molar-refractivity contribution in [3.05, 3.63) is 30.2 Å². The van der Waals surface area contributed by atoms with Gasteiger partial charge in [0.2, 0.25) is 10.0 Å². The minimum atomic E-state index is -3.29. The van der Waals surface area contributed by atoms with Crippen LogP contribution in [-0.2, 0) is 10.0 Å². The number of fused-ring (bicyclic) bond motifs is 1. The number of nitrogens with one attached hydrogen (secondary N) is 1. The normalized spacial score (nSPS) is 29.2. The standard InChI is InChI=1S/C19H27N5O3S/c1-28(26,27)24-7-5-16(17(25)11-24)23-18-9-15-13(10-22-18)4-6-21-19(15)12-2-3-14(20)8-12/h4,6,9-10,12,14,16-17,25H,2-3,5,7-8,11,20H2,1H3,(H,22,23)/t12-,14-,16-,17-/m1/s1. The molecule has 9 heteroatoms. The number of β-amino-alcohol motifs (C(OH)–C–C–N with tert-alkyl or cyclic N) is 1. The van der Waals surface area contributed by atoms with Crippen molar-refractivity contribution in [1.29, 1.82) is 0 Å². The Labute approximate surface area is 165 Å². The molecule has 4 atom stereocenters. The smallest absolute Gasteiger partial charge is 0.211 e. The summed E-state index contributed by atoms with van der Waals surface area (Å²) in [5.41, 5.74) is 7.15. The molecule has 2 aromatic heterocycles. The molecule has 0 spiro atoms. The molecule has 2 aromatic rings. The molecule has 152 valence electrons. The molecule has 2 aliphatic rings. The zero-order chi connectivity index (χ0) is 19.9. The van der Waals surface area contributed by atoms with Gasteiger partial charge in [-0.15, -0.1) is 0 Å². The van der Waals surface area contributed by atoms with E-state index in [-0.39, 0.29) is 18.6 Å². The van der Waals surface area contributed by atoms with Crippen molar-refractivity contribution in [1.82, 2.24) is 14.3 Å². The summed E-state index contributed by atoms with van der Waals surface area (Å²) in [6.45, 7) is 0.477. The first-order valence-corrected chi connectivity index (χ1v) is 11.6. The first-order chi connectivity index (χ1) is 13.3. The Hall–Kier alpha value is -1.81. The van der Waals surface area contributed by atoms with Gasteiger partial charge in [-0.2, -0.15) is 4.31 Å². The lowest BCUT2D eigenvalue weighted by Gasteiger charge is -2.35. The van der Waals surface area contributed by atoms with Crippen LogP contribution in [0.25, 0.3) is 10.8 Å². The number of nitrogens with two attached hydrogens (primary N) is 1. The summed E-state index contributed by atoms with van der Waals surface area (Å²) in [6, 6.07) is 3.92. The molecule has 4 N–H and O–H groups in total. The maximum atomic E-state index is 11.7. The molecule has 0 unspecified atom stereocenters. The molecule has 0 radical (unpaired) electrons. The summed E-state index contributed by atoms with van der Waals surface area (Å²) in [4.78, 5) is 9.11. The zero-order valence-electron chi connectivity index (χ0n) is 16.0. The fourth-order valence-electron chi connectivity index (χ4n) is 4.32. The molecule has 0 bridgehead atoms. The number of pyridine rings is 2. The molecule has 28 heavy (non-hydrogen) atoms. The van der Waals surface area contributed by atoms with Gasteiger partial charge in [-0.05, 0) is 37.8 Å². The lowest BCUT2D eigenvalue weighted by Crippen LogP contribution is -2.51. The van der Waals surface area contributed by atoms with E-state index < -0.39 is 16.1 Å². The number of piperidine rings is 1. The quantitative estimate of drug-likeness (QED) is 0.694.